The molecule has 150 valence electrons. The largest absolute Gasteiger partial charge is 0.464 e. The van der Waals surface area contributed by atoms with E-state index < -0.39 is 11.9 Å². The number of nitrogens with two attached hydrogens (primary N) is 2. The van der Waals surface area contributed by atoms with Gasteiger partial charge in [-0.1, -0.05) is 0 Å². The molecule has 1 heterocycles. The summed E-state index contributed by atoms with van der Waals surface area (Å²) in [6.07, 6.45) is 1.43. The first-order chi connectivity index (χ1) is 14.3. The molecule has 0 radical (unpaired) electrons. The molecule has 0 saturated carbocycles. The highest BCUT2D eigenvalue weighted by Crippen LogP contribution is 2.25. The number of benzene rings is 2. The molecule has 0 aliphatic rings. The Morgan fingerprint density at radius 1 is 1.03 bits per heavy atom. The molecular weight excluding hydrogens is 386 g/mol. The van der Waals surface area contributed by atoms with Crippen LogP contribution in [-0.2, 0) is 4.74 Å². The Morgan fingerprint density at radius 2 is 1.63 bits per heavy atom. The van der Waals surface area contributed by atoms with Gasteiger partial charge in [-0.3, -0.25) is 9.59 Å². The van der Waals surface area contributed by atoms with Gasteiger partial charge in [-0.15, -0.1) is 0 Å². The third-order valence-corrected chi connectivity index (χ3v) is 4.38. The van der Waals surface area contributed by atoms with E-state index >= 15 is 0 Å². The zero-order valence-electron chi connectivity index (χ0n) is 15.9. The van der Waals surface area contributed by atoms with Crippen molar-refractivity contribution in [2.45, 2.75) is 0 Å². The SMILES string of the molecule is COC(=O)c1c(N)c(C#N)cn1-c1ccc(C(=O)Nc2ccc(C(N)=O)cc2)cc1. The molecule has 2 amide bonds. The number of nitrogens with one attached hydrogen (secondary N) is 1. The second-order valence-corrected chi connectivity index (χ2v) is 6.22. The normalized spacial score (nSPS) is 10.1. The number of anilines is 2. The molecule has 0 atom stereocenters. The fourth-order valence-electron chi connectivity index (χ4n) is 2.81. The summed E-state index contributed by atoms with van der Waals surface area (Å²) in [5, 5.41) is 11.9. The number of hydrogen-bond acceptors (Lipinski definition) is 6. The number of carbonyl (C=O) groups excluding carboxylic acids is 3. The van der Waals surface area contributed by atoms with Crippen LogP contribution >= 0.6 is 0 Å². The minimum absolute atomic E-state index is 0.0191. The summed E-state index contributed by atoms with van der Waals surface area (Å²) in [5.74, 6) is -1.61. The van der Waals surface area contributed by atoms with Crippen molar-refractivity contribution < 1.29 is 19.1 Å². The van der Waals surface area contributed by atoms with Gasteiger partial charge >= 0.3 is 5.97 Å². The van der Waals surface area contributed by atoms with Crippen molar-refractivity contribution in [1.29, 1.82) is 5.26 Å². The fourth-order valence-corrected chi connectivity index (χ4v) is 2.81. The summed E-state index contributed by atoms with van der Waals surface area (Å²) in [4.78, 5) is 35.6. The van der Waals surface area contributed by atoms with Crippen LogP contribution in [0, 0.1) is 11.3 Å². The summed E-state index contributed by atoms with van der Waals surface area (Å²) >= 11 is 0. The summed E-state index contributed by atoms with van der Waals surface area (Å²) < 4.78 is 6.18. The summed E-state index contributed by atoms with van der Waals surface area (Å²) in [5.41, 5.74) is 13.0. The van der Waals surface area contributed by atoms with Crippen LogP contribution in [0.3, 0.4) is 0 Å². The van der Waals surface area contributed by atoms with E-state index in [1.165, 1.54) is 30.0 Å². The van der Waals surface area contributed by atoms with Crippen molar-refractivity contribution in [3.63, 3.8) is 0 Å². The van der Waals surface area contributed by atoms with Gasteiger partial charge in [-0.2, -0.15) is 5.26 Å². The van der Waals surface area contributed by atoms with Crippen LogP contribution in [0.4, 0.5) is 11.4 Å². The first kappa shape index (κ1) is 20.2. The lowest BCUT2D eigenvalue weighted by Gasteiger charge is -2.10. The quantitative estimate of drug-likeness (QED) is 0.554. The average molecular weight is 403 g/mol. The number of methoxy groups -OCH3 is 1. The van der Waals surface area contributed by atoms with Crippen molar-refractivity contribution >= 4 is 29.2 Å². The number of esters is 1. The van der Waals surface area contributed by atoms with Gasteiger partial charge in [0.05, 0.1) is 18.4 Å². The van der Waals surface area contributed by atoms with E-state index in [2.05, 4.69) is 5.32 Å². The van der Waals surface area contributed by atoms with Gasteiger partial charge in [0.15, 0.2) is 5.69 Å². The number of hydrogen-bond donors (Lipinski definition) is 3. The first-order valence-corrected chi connectivity index (χ1v) is 8.66. The number of aromatic nitrogens is 1. The fraction of sp³-hybridized carbons (Fsp3) is 0.0476. The molecule has 0 fully saturated rings. The molecule has 0 unspecified atom stereocenters. The van der Waals surface area contributed by atoms with Gasteiger partial charge in [0.25, 0.3) is 5.91 Å². The minimum Gasteiger partial charge on any atom is -0.464 e. The van der Waals surface area contributed by atoms with E-state index in [4.69, 9.17) is 16.2 Å². The first-order valence-electron chi connectivity index (χ1n) is 8.66. The Hall–Kier alpha value is -4.58. The maximum absolute atomic E-state index is 12.5. The number of primary amides is 1. The van der Waals surface area contributed by atoms with Crippen LogP contribution in [-0.4, -0.2) is 29.5 Å². The molecule has 5 N–H and O–H groups in total. The second kappa shape index (κ2) is 8.20. The van der Waals surface area contributed by atoms with Gasteiger partial charge in [0, 0.05) is 28.7 Å². The van der Waals surface area contributed by atoms with Gasteiger partial charge in [0.1, 0.15) is 6.07 Å². The van der Waals surface area contributed by atoms with Crippen molar-refractivity contribution in [2.24, 2.45) is 5.73 Å². The summed E-state index contributed by atoms with van der Waals surface area (Å²) in [6.45, 7) is 0. The molecule has 0 spiro atoms. The molecule has 2 aromatic carbocycles. The smallest absolute Gasteiger partial charge is 0.357 e. The molecule has 9 nitrogen and oxygen atoms in total. The molecule has 0 aliphatic heterocycles. The van der Waals surface area contributed by atoms with Crippen LogP contribution in [0.2, 0.25) is 0 Å². The standard InChI is InChI=1S/C21H17N5O4/c1-30-21(29)18-17(23)14(10-22)11-26(18)16-8-4-13(5-9-16)20(28)25-15-6-2-12(3-7-15)19(24)27/h2-9,11H,23H2,1H3,(H2,24,27)(H,25,28). The van der Waals surface area contributed by atoms with E-state index in [-0.39, 0.29) is 22.9 Å². The number of nitrogen functional groups attached to an aromatic ring is 1. The molecule has 0 bridgehead atoms. The Bertz CT molecular complexity index is 1170. The van der Waals surface area contributed by atoms with Crippen molar-refractivity contribution in [1.82, 2.24) is 4.57 Å². The Morgan fingerprint density at radius 3 is 2.17 bits per heavy atom. The van der Waals surface area contributed by atoms with E-state index in [0.29, 0.717) is 22.5 Å². The van der Waals surface area contributed by atoms with Crippen molar-refractivity contribution in [3.8, 4) is 11.8 Å². The van der Waals surface area contributed by atoms with Crippen LogP contribution in [0.1, 0.15) is 36.8 Å². The summed E-state index contributed by atoms with van der Waals surface area (Å²) in [7, 11) is 1.22. The number of amides is 2. The molecule has 30 heavy (non-hydrogen) atoms. The predicted molar refractivity (Wildman–Crippen MR) is 109 cm³/mol. The van der Waals surface area contributed by atoms with Gasteiger partial charge in [-0.05, 0) is 48.5 Å². The zero-order valence-corrected chi connectivity index (χ0v) is 15.9. The molecule has 3 aromatic rings. The van der Waals surface area contributed by atoms with Crippen LogP contribution in [0.15, 0.2) is 54.7 Å². The summed E-state index contributed by atoms with van der Waals surface area (Å²) in [6, 6.07) is 14.4. The topological polar surface area (TPSA) is 153 Å². The van der Waals surface area contributed by atoms with E-state index in [0.717, 1.165) is 0 Å². The van der Waals surface area contributed by atoms with Gasteiger partial charge in [-0.25, -0.2) is 4.79 Å². The molecule has 0 saturated heterocycles. The third-order valence-electron chi connectivity index (χ3n) is 4.38. The van der Waals surface area contributed by atoms with Crippen LogP contribution in [0.5, 0.6) is 0 Å². The highest BCUT2D eigenvalue weighted by molar-refractivity contribution is 6.04. The van der Waals surface area contributed by atoms with E-state index in [1.54, 1.807) is 36.4 Å². The second-order valence-electron chi connectivity index (χ2n) is 6.22. The number of rotatable bonds is 5. The predicted octanol–water partition coefficient (Wildman–Crippen LogP) is 2.07. The Kier molecular flexibility index (Phi) is 5.51. The zero-order chi connectivity index (χ0) is 21.8. The third kappa shape index (κ3) is 3.83. The lowest BCUT2D eigenvalue weighted by molar-refractivity contribution is 0.0592. The molecule has 1 aromatic heterocycles. The van der Waals surface area contributed by atoms with Gasteiger partial charge < -0.3 is 26.1 Å². The number of nitrogens with zero attached hydrogens (tertiary/aromatic N) is 2. The molecular formula is C21H17N5O4. The lowest BCUT2D eigenvalue weighted by Crippen LogP contribution is -2.14. The molecule has 9 heteroatoms. The monoisotopic (exact) mass is 403 g/mol. The number of carbonyl (C=O) groups is 3. The van der Waals surface area contributed by atoms with E-state index in [1.807, 2.05) is 6.07 Å². The van der Waals surface area contributed by atoms with Crippen molar-refractivity contribution in [3.05, 3.63) is 77.1 Å². The maximum Gasteiger partial charge on any atom is 0.357 e. The highest BCUT2D eigenvalue weighted by atomic mass is 16.5. The molecule has 3 rings (SSSR count). The minimum atomic E-state index is -0.685. The van der Waals surface area contributed by atoms with Gasteiger partial charge in [0.2, 0.25) is 5.91 Å². The Labute approximate surface area is 171 Å². The van der Waals surface area contributed by atoms with Crippen LogP contribution in [0.25, 0.3) is 5.69 Å². The highest BCUT2D eigenvalue weighted by Gasteiger charge is 2.21. The molecule has 0 aliphatic carbocycles. The van der Waals surface area contributed by atoms with E-state index in [9.17, 15) is 19.6 Å². The maximum atomic E-state index is 12.5. The van der Waals surface area contributed by atoms with Crippen LogP contribution < -0.4 is 16.8 Å². The van der Waals surface area contributed by atoms with Crippen molar-refractivity contribution in [2.75, 3.05) is 18.2 Å². The lowest BCUT2D eigenvalue weighted by atomic mass is 10.1. The number of nitriles is 1. The average Bonchev–Trinajstić information content (AvgIpc) is 3.09. The number of ether oxygens (including phenoxy) is 1. The Balaban J connectivity index is 1.85.